The van der Waals surface area contributed by atoms with Crippen molar-refractivity contribution in [3.8, 4) is 5.75 Å². The lowest BCUT2D eigenvalue weighted by molar-refractivity contribution is -0.108. The van der Waals surface area contributed by atoms with E-state index in [-0.39, 0.29) is 11.7 Å². The fraction of sp³-hybridized carbons (Fsp3) is 0.100. The van der Waals surface area contributed by atoms with Gasteiger partial charge in [0.1, 0.15) is 12.0 Å². The quantitative estimate of drug-likeness (QED) is 0.544. The summed E-state index contributed by atoms with van der Waals surface area (Å²) in [6.07, 6.45) is 2.39. The molecule has 1 atom stereocenters. The Labute approximate surface area is 71.2 Å². The van der Waals surface area contributed by atoms with Gasteiger partial charge in [0.2, 0.25) is 0 Å². The molecule has 0 saturated carbocycles. The van der Waals surface area contributed by atoms with E-state index in [1.807, 2.05) is 0 Å². The minimum Gasteiger partial charge on any atom is -0.508 e. The predicted molar refractivity (Wildman–Crippen MR) is 47.1 cm³/mol. The Morgan fingerprint density at radius 1 is 1.33 bits per heavy atom. The Hall–Kier alpha value is -1.57. The number of allylic oxidation sites excluding steroid dienone is 1. The molecule has 12 heavy (non-hydrogen) atoms. The van der Waals surface area contributed by atoms with E-state index in [9.17, 15) is 4.79 Å². The fourth-order valence-corrected chi connectivity index (χ4v) is 0.967. The van der Waals surface area contributed by atoms with Crippen LogP contribution in [0.2, 0.25) is 0 Å². The van der Waals surface area contributed by atoms with Gasteiger partial charge in [0.05, 0.1) is 5.92 Å². The highest BCUT2D eigenvalue weighted by molar-refractivity contribution is 5.65. The number of hydrogen-bond donors (Lipinski definition) is 1. The van der Waals surface area contributed by atoms with E-state index in [1.54, 1.807) is 30.3 Å². The van der Waals surface area contributed by atoms with Crippen molar-refractivity contribution in [2.24, 2.45) is 0 Å². The van der Waals surface area contributed by atoms with Crippen molar-refractivity contribution >= 4 is 6.29 Å². The molecule has 0 radical (unpaired) electrons. The highest BCUT2D eigenvalue weighted by Crippen LogP contribution is 2.17. The number of phenolic OH excluding ortho intramolecular Hbond substituents is 1. The topological polar surface area (TPSA) is 37.3 Å². The molecule has 0 bridgehead atoms. The Morgan fingerprint density at radius 2 is 1.92 bits per heavy atom. The monoisotopic (exact) mass is 162 g/mol. The summed E-state index contributed by atoms with van der Waals surface area (Å²) < 4.78 is 0. The van der Waals surface area contributed by atoms with Crippen LogP contribution in [0.4, 0.5) is 0 Å². The van der Waals surface area contributed by atoms with E-state index in [0.717, 1.165) is 11.8 Å². The Morgan fingerprint density at radius 3 is 2.33 bits per heavy atom. The molecular weight excluding hydrogens is 152 g/mol. The Balaban J connectivity index is 2.94. The van der Waals surface area contributed by atoms with Gasteiger partial charge in [-0.05, 0) is 17.7 Å². The van der Waals surface area contributed by atoms with E-state index in [2.05, 4.69) is 6.58 Å². The lowest BCUT2D eigenvalue weighted by Crippen LogP contribution is -1.94. The first-order valence-electron chi connectivity index (χ1n) is 3.64. The van der Waals surface area contributed by atoms with Crippen molar-refractivity contribution < 1.29 is 9.90 Å². The molecule has 1 rings (SSSR count). The zero-order valence-electron chi connectivity index (χ0n) is 6.60. The third kappa shape index (κ3) is 1.72. The van der Waals surface area contributed by atoms with Crippen molar-refractivity contribution in [3.05, 3.63) is 42.5 Å². The minimum atomic E-state index is -0.273. The molecule has 1 unspecified atom stereocenters. The zero-order valence-corrected chi connectivity index (χ0v) is 6.60. The van der Waals surface area contributed by atoms with Gasteiger partial charge in [-0.2, -0.15) is 0 Å². The van der Waals surface area contributed by atoms with Gasteiger partial charge in [0.15, 0.2) is 0 Å². The van der Waals surface area contributed by atoms with Crippen LogP contribution in [0.25, 0.3) is 0 Å². The molecule has 0 spiro atoms. The highest BCUT2D eigenvalue weighted by atomic mass is 16.3. The normalized spacial score (nSPS) is 12.0. The van der Waals surface area contributed by atoms with Crippen molar-refractivity contribution in [3.63, 3.8) is 0 Å². The maximum atomic E-state index is 10.5. The molecule has 0 fully saturated rings. The van der Waals surface area contributed by atoms with E-state index in [4.69, 9.17) is 5.11 Å². The van der Waals surface area contributed by atoms with Crippen LogP contribution in [0.15, 0.2) is 36.9 Å². The zero-order chi connectivity index (χ0) is 8.97. The summed E-state index contributed by atoms with van der Waals surface area (Å²) in [6, 6.07) is 6.51. The van der Waals surface area contributed by atoms with Crippen LogP contribution in [0.1, 0.15) is 11.5 Å². The summed E-state index contributed by atoms with van der Waals surface area (Å²) in [5, 5.41) is 8.97. The summed E-state index contributed by atoms with van der Waals surface area (Å²) in [6.45, 7) is 3.54. The number of aldehydes is 1. The molecule has 0 heterocycles. The first kappa shape index (κ1) is 8.53. The van der Waals surface area contributed by atoms with Crippen LogP contribution < -0.4 is 0 Å². The fourth-order valence-electron chi connectivity index (χ4n) is 0.967. The lowest BCUT2D eigenvalue weighted by atomic mass is 10.0. The molecule has 0 aliphatic carbocycles. The third-order valence-electron chi connectivity index (χ3n) is 1.68. The van der Waals surface area contributed by atoms with Gasteiger partial charge in [-0.3, -0.25) is 0 Å². The molecular formula is C10H10O2. The van der Waals surface area contributed by atoms with Crippen LogP contribution in [0.5, 0.6) is 5.75 Å². The van der Waals surface area contributed by atoms with Crippen LogP contribution in [0, 0.1) is 0 Å². The molecule has 1 N–H and O–H groups in total. The summed E-state index contributed by atoms with van der Waals surface area (Å²) in [5.41, 5.74) is 0.845. The van der Waals surface area contributed by atoms with Gasteiger partial charge < -0.3 is 9.90 Å². The molecule has 1 aromatic rings. The molecule has 1 aromatic carbocycles. The van der Waals surface area contributed by atoms with Gasteiger partial charge in [-0.15, -0.1) is 6.58 Å². The standard InChI is InChI=1S/C10H10O2/c1-2-8(7-11)9-3-5-10(12)6-4-9/h2-8,12H,1H2. The van der Waals surface area contributed by atoms with Crippen molar-refractivity contribution in [1.82, 2.24) is 0 Å². The average molecular weight is 162 g/mol. The minimum absolute atomic E-state index is 0.201. The predicted octanol–water partition coefficient (Wildman–Crippen LogP) is 1.86. The first-order chi connectivity index (χ1) is 5.77. The van der Waals surface area contributed by atoms with E-state index >= 15 is 0 Å². The Bertz CT molecular complexity index is 266. The van der Waals surface area contributed by atoms with Crippen LogP contribution in [-0.4, -0.2) is 11.4 Å². The molecule has 0 amide bonds. The third-order valence-corrected chi connectivity index (χ3v) is 1.68. The van der Waals surface area contributed by atoms with Crippen molar-refractivity contribution in [2.75, 3.05) is 0 Å². The summed E-state index contributed by atoms with van der Waals surface area (Å²) in [7, 11) is 0. The number of benzene rings is 1. The highest BCUT2D eigenvalue weighted by Gasteiger charge is 2.04. The van der Waals surface area contributed by atoms with E-state index in [1.165, 1.54) is 0 Å². The molecule has 0 aromatic heterocycles. The second kappa shape index (κ2) is 3.72. The average Bonchev–Trinajstić information content (AvgIpc) is 2.10. The smallest absolute Gasteiger partial charge is 0.131 e. The molecule has 0 aliphatic heterocycles. The Kier molecular flexibility index (Phi) is 2.64. The lowest BCUT2D eigenvalue weighted by Gasteiger charge is -2.03. The van der Waals surface area contributed by atoms with Crippen molar-refractivity contribution in [2.45, 2.75) is 5.92 Å². The van der Waals surface area contributed by atoms with Gasteiger partial charge in [0, 0.05) is 0 Å². The molecule has 2 nitrogen and oxygen atoms in total. The summed E-state index contributed by atoms with van der Waals surface area (Å²) in [4.78, 5) is 10.5. The van der Waals surface area contributed by atoms with Gasteiger partial charge in [-0.1, -0.05) is 18.2 Å². The number of aromatic hydroxyl groups is 1. The van der Waals surface area contributed by atoms with Gasteiger partial charge >= 0.3 is 0 Å². The van der Waals surface area contributed by atoms with E-state index in [0.29, 0.717) is 0 Å². The number of hydrogen-bond acceptors (Lipinski definition) is 2. The van der Waals surface area contributed by atoms with Crippen LogP contribution in [0.3, 0.4) is 0 Å². The summed E-state index contributed by atoms with van der Waals surface area (Å²) >= 11 is 0. The SMILES string of the molecule is C=CC(C=O)c1ccc(O)cc1. The molecule has 0 saturated heterocycles. The van der Waals surface area contributed by atoms with Crippen molar-refractivity contribution in [1.29, 1.82) is 0 Å². The largest absolute Gasteiger partial charge is 0.508 e. The first-order valence-corrected chi connectivity index (χ1v) is 3.64. The molecule has 2 heteroatoms. The van der Waals surface area contributed by atoms with Crippen LogP contribution in [-0.2, 0) is 4.79 Å². The second-order valence-electron chi connectivity index (χ2n) is 2.49. The molecule has 62 valence electrons. The number of phenols is 1. The number of carbonyl (C=O) groups excluding carboxylic acids is 1. The number of carbonyl (C=O) groups is 1. The maximum absolute atomic E-state index is 10.5. The van der Waals surface area contributed by atoms with Gasteiger partial charge in [-0.25, -0.2) is 0 Å². The van der Waals surface area contributed by atoms with Crippen LogP contribution >= 0.6 is 0 Å². The van der Waals surface area contributed by atoms with Gasteiger partial charge in [0.25, 0.3) is 0 Å². The molecule has 0 aliphatic rings. The number of rotatable bonds is 3. The second-order valence-corrected chi connectivity index (χ2v) is 2.49. The van der Waals surface area contributed by atoms with E-state index < -0.39 is 0 Å². The maximum Gasteiger partial charge on any atom is 0.131 e. The summed E-state index contributed by atoms with van der Waals surface area (Å²) in [5.74, 6) is -0.0712.